The Bertz CT molecular complexity index is 878. The molecule has 1 unspecified atom stereocenters. The Balaban J connectivity index is 1.81. The highest BCUT2D eigenvalue weighted by atomic mass is 35.5. The number of hydrogen-bond donors (Lipinski definition) is 2. The zero-order valence-corrected chi connectivity index (χ0v) is 14.3. The maximum atomic E-state index is 12.5. The van der Waals surface area contributed by atoms with Crippen LogP contribution in [0.3, 0.4) is 0 Å². The van der Waals surface area contributed by atoms with Crippen LogP contribution in [0, 0.1) is 0 Å². The lowest BCUT2D eigenvalue weighted by atomic mass is 9.86. The molecule has 7 heteroatoms. The van der Waals surface area contributed by atoms with Crippen LogP contribution in [-0.2, 0) is 22.9 Å². The van der Waals surface area contributed by atoms with Crippen LogP contribution in [-0.4, -0.2) is 25.9 Å². The fraction of sp³-hybridized carbons (Fsp3) is 0.235. The van der Waals surface area contributed by atoms with Crippen molar-refractivity contribution in [1.29, 1.82) is 0 Å². The van der Waals surface area contributed by atoms with Gasteiger partial charge in [0.15, 0.2) is 6.29 Å². The normalized spacial score (nSPS) is 17.3. The topological polar surface area (TPSA) is 83.5 Å². The Labute approximate surface area is 145 Å². The summed E-state index contributed by atoms with van der Waals surface area (Å²) in [7, 11) is -3.63. The fourth-order valence-electron chi connectivity index (χ4n) is 3.00. The molecule has 0 saturated heterocycles. The van der Waals surface area contributed by atoms with E-state index in [0.717, 1.165) is 11.1 Å². The van der Waals surface area contributed by atoms with Gasteiger partial charge in [-0.25, -0.2) is 13.1 Å². The van der Waals surface area contributed by atoms with Gasteiger partial charge in [-0.2, -0.15) is 0 Å². The van der Waals surface area contributed by atoms with Crippen molar-refractivity contribution in [3.05, 3.63) is 58.1 Å². The fourth-order valence-corrected chi connectivity index (χ4v) is 4.40. The highest BCUT2D eigenvalue weighted by molar-refractivity contribution is 7.89. The second-order valence-corrected chi connectivity index (χ2v) is 7.92. The third-order valence-electron chi connectivity index (χ3n) is 4.20. The minimum Gasteiger partial charge on any atom is -0.507 e. The summed E-state index contributed by atoms with van der Waals surface area (Å²) in [6, 6.07) is 8.94. The SMILES string of the molecule is O=Cc1c(O)ccc2c1CCC(NS(=O)(=O)c1ccc(Cl)cc1)C2. The minimum absolute atomic E-state index is 0.0380. The molecule has 0 heterocycles. The minimum atomic E-state index is -3.63. The number of phenols is 1. The third-order valence-corrected chi connectivity index (χ3v) is 5.99. The number of carbonyl (C=O) groups excluding carboxylic acids is 1. The summed E-state index contributed by atoms with van der Waals surface area (Å²) in [5.74, 6) is -0.0380. The zero-order chi connectivity index (χ0) is 17.3. The van der Waals surface area contributed by atoms with Crippen molar-refractivity contribution in [2.24, 2.45) is 0 Å². The number of aldehydes is 1. The van der Waals surface area contributed by atoms with E-state index in [4.69, 9.17) is 11.6 Å². The Hall–Kier alpha value is -1.89. The van der Waals surface area contributed by atoms with Crippen LogP contribution >= 0.6 is 11.6 Å². The first kappa shape index (κ1) is 17.0. The molecule has 3 rings (SSSR count). The van der Waals surface area contributed by atoms with E-state index in [2.05, 4.69) is 4.72 Å². The second kappa shape index (κ2) is 6.55. The monoisotopic (exact) mass is 365 g/mol. The molecule has 1 aliphatic carbocycles. The molecule has 1 aliphatic rings. The Morgan fingerprint density at radius 1 is 1.17 bits per heavy atom. The molecule has 5 nitrogen and oxygen atoms in total. The molecule has 0 aromatic heterocycles. The van der Waals surface area contributed by atoms with Gasteiger partial charge in [0.25, 0.3) is 0 Å². The van der Waals surface area contributed by atoms with Gasteiger partial charge in [-0.05, 0) is 60.7 Å². The summed E-state index contributed by atoms with van der Waals surface area (Å²) in [6.07, 6.45) is 2.21. The smallest absolute Gasteiger partial charge is 0.240 e. The number of halogens is 1. The molecule has 24 heavy (non-hydrogen) atoms. The molecule has 0 saturated carbocycles. The number of hydrogen-bond acceptors (Lipinski definition) is 4. The first-order chi connectivity index (χ1) is 11.4. The van der Waals surface area contributed by atoms with Crippen LogP contribution in [0.2, 0.25) is 5.02 Å². The van der Waals surface area contributed by atoms with Crippen molar-refractivity contribution in [3.63, 3.8) is 0 Å². The predicted octanol–water partition coefficient (Wildman–Crippen LogP) is 2.69. The van der Waals surface area contributed by atoms with E-state index in [0.29, 0.717) is 36.1 Å². The van der Waals surface area contributed by atoms with Crippen LogP contribution < -0.4 is 4.72 Å². The molecular formula is C17H16ClNO4S. The second-order valence-electron chi connectivity index (χ2n) is 5.77. The number of aromatic hydroxyl groups is 1. The van der Waals surface area contributed by atoms with E-state index in [1.54, 1.807) is 6.07 Å². The molecule has 1 atom stereocenters. The molecule has 126 valence electrons. The lowest BCUT2D eigenvalue weighted by molar-refractivity contribution is 0.111. The van der Waals surface area contributed by atoms with E-state index in [9.17, 15) is 18.3 Å². The number of carbonyl (C=O) groups is 1. The summed E-state index contributed by atoms with van der Waals surface area (Å²) in [6.45, 7) is 0. The van der Waals surface area contributed by atoms with Gasteiger partial charge in [0.05, 0.1) is 10.5 Å². The first-order valence-corrected chi connectivity index (χ1v) is 9.33. The van der Waals surface area contributed by atoms with Crippen molar-refractivity contribution in [2.75, 3.05) is 0 Å². The summed E-state index contributed by atoms with van der Waals surface area (Å²) < 4.78 is 27.6. The quantitative estimate of drug-likeness (QED) is 0.816. The van der Waals surface area contributed by atoms with E-state index in [-0.39, 0.29) is 16.7 Å². The van der Waals surface area contributed by atoms with Gasteiger partial charge in [0.1, 0.15) is 5.75 Å². The van der Waals surface area contributed by atoms with Crippen molar-refractivity contribution in [3.8, 4) is 5.75 Å². The zero-order valence-electron chi connectivity index (χ0n) is 12.7. The van der Waals surface area contributed by atoms with E-state index in [1.165, 1.54) is 30.3 Å². The number of benzene rings is 2. The number of rotatable bonds is 4. The highest BCUT2D eigenvalue weighted by Gasteiger charge is 2.26. The van der Waals surface area contributed by atoms with Gasteiger partial charge in [-0.1, -0.05) is 17.7 Å². The van der Waals surface area contributed by atoms with E-state index >= 15 is 0 Å². The standard InChI is InChI=1S/C17H16ClNO4S/c18-12-2-5-14(6-3-12)24(22,23)19-13-4-7-15-11(9-13)1-8-17(21)16(15)10-20/h1-3,5-6,8,10,13,19,21H,4,7,9H2. The van der Waals surface area contributed by atoms with Crippen molar-refractivity contribution >= 4 is 27.9 Å². The van der Waals surface area contributed by atoms with Gasteiger partial charge in [0, 0.05) is 11.1 Å². The van der Waals surface area contributed by atoms with Gasteiger partial charge in [-0.3, -0.25) is 4.79 Å². The molecule has 0 fully saturated rings. The average molecular weight is 366 g/mol. The highest BCUT2D eigenvalue weighted by Crippen LogP contribution is 2.30. The molecule has 2 aromatic rings. The van der Waals surface area contributed by atoms with Gasteiger partial charge < -0.3 is 5.11 Å². The van der Waals surface area contributed by atoms with Crippen LogP contribution in [0.4, 0.5) is 0 Å². The summed E-state index contributed by atoms with van der Waals surface area (Å²) in [4.78, 5) is 11.3. The maximum Gasteiger partial charge on any atom is 0.240 e. The Kier molecular flexibility index (Phi) is 4.62. The number of phenolic OH excluding ortho intramolecular Hbond substituents is 1. The van der Waals surface area contributed by atoms with Crippen molar-refractivity contribution in [2.45, 2.75) is 30.2 Å². The number of fused-ring (bicyclic) bond motifs is 1. The van der Waals surface area contributed by atoms with Gasteiger partial charge in [-0.15, -0.1) is 0 Å². The van der Waals surface area contributed by atoms with Gasteiger partial charge >= 0.3 is 0 Å². The Morgan fingerprint density at radius 3 is 2.54 bits per heavy atom. The lowest BCUT2D eigenvalue weighted by Gasteiger charge is -2.26. The molecule has 2 aromatic carbocycles. The third kappa shape index (κ3) is 3.31. The summed E-state index contributed by atoms with van der Waals surface area (Å²) in [5.41, 5.74) is 1.98. The molecule has 0 radical (unpaired) electrons. The molecular weight excluding hydrogens is 350 g/mol. The molecule has 0 spiro atoms. The van der Waals surface area contributed by atoms with Gasteiger partial charge in [0.2, 0.25) is 10.0 Å². The lowest BCUT2D eigenvalue weighted by Crippen LogP contribution is -2.39. The van der Waals surface area contributed by atoms with Crippen molar-refractivity contribution in [1.82, 2.24) is 4.72 Å². The predicted molar refractivity (Wildman–Crippen MR) is 91.1 cm³/mol. The first-order valence-electron chi connectivity index (χ1n) is 7.47. The van der Waals surface area contributed by atoms with Crippen LogP contribution in [0.5, 0.6) is 5.75 Å². The molecule has 0 aliphatic heterocycles. The average Bonchev–Trinajstić information content (AvgIpc) is 2.55. The largest absolute Gasteiger partial charge is 0.507 e. The van der Waals surface area contributed by atoms with Crippen LogP contribution in [0.15, 0.2) is 41.3 Å². The summed E-state index contributed by atoms with van der Waals surface area (Å²) >= 11 is 5.79. The molecule has 2 N–H and O–H groups in total. The van der Waals surface area contributed by atoms with Crippen LogP contribution in [0.25, 0.3) is 0 Å². The van der Waals surface area contributed by atoms with Crippen molar-refractivity contribution < 1.29 is 18.3 Å². The molecule has 0 amide bonds. The van der Waals surface area contributed by atoms with E-state index in [1.807, 2.05) is 0 Å². The Morgan fingerprint density at radius 2 is 1.88 bits per heavy atom. The number of nitrogens with one attached hydrogen (secondary N) is 1. The van der Waals surface area contributed by atoms with E-state index < -0.39 is 10.0 Å². The maximum absolute atomic E-state index is 12.5. The number of sulfonamides is 1. The summed E-state index contributed by atoms with van der Waals surface area (Å²) in [5, 5.41) is 10.2. The molecule has 0 bridgehead atoms. The van der Waals surface area contributed by atoms with Crippen LogP contribution in [0.1, 0.15) is 27.9 Å².